The van der Waals surface area contributed by atoms with Crippen LogP contribution in [-0.2, 0) is 19.5 Å². The molecule has 19 heavy (non-hydrogen) atoms. The van der Waals surface area contributed by atoms with Gasteiger partial charge < -0.3 is 5.32 Å². The summed E-state index contributed by atoms with van der Waals surface area (Å²) in [5, 5.41) is 7.88. The number of hydrogen-bond acceptors (Lipinski definition) is 2. The quantitative estimate of drug-likeness (QED) is 0.892. The Morgan fingerprint density at radius 1 is 1.11 bits per heavy atom. The summed E-state index contributed by atoms with van der Waals surface area (Å²) in [6.45, 7) is 8.32. The van der Waals surface area contributed by atoms with Gasteiger partial charge >= 0.3 is 0 Å². The van der Waals surface area contributed by atoms with Crippen LogP contribution in [0.25, 0.3) is 0 Å². The first kappa shape index (κ1) is 13.8. The zero-order chi connectivity index (χ0) is 13.7. The van der Waals surface area contributed by atoms with Crippen molar-refractivity contribution in [3.8, 4) is 0 Å². The van der Waals surface area contributed by atoms with Crippen LogP contribution in [0, 0.1) is 0 Å². The maximum Gasteiger partial charge on any atom is 0.0534 e. The summed E-state index contributed by atoms with van der Waals surface area (Å²) in [5.74, 6) is 0. The zero-order valence-electron chi connectivity index (χ0n) is 12.1. The SMILES string of the molecule is CC(C)(C)NCc1cnn(CCc2ccccc2)c1. The molecular weight excluding hydrogens is 234 g/mol. The molecule has 3 heteroatoms. The van der Waals surface area contributed by atoms with Gasteiger partial charge in [-0.2, -0.15) is 5.10 Å². The van der Waals surface area contributed by atoms with Crippen LogP contribution in [0.3, 0.4) is 0 Å². The Balaban J connectivity index is 1.84. The van der Waals surface area contributed by atoms with Crippen molar-refractivity contribution in [2.75, 3.05) is 0 Å². The number of rotatable bonds is 5. The third kappa shape index (κ3) is 4.87. The van der Waals surface area contributed by atoms with Crippen LogP contribution < -0.4 is 5.32 Å². The van der Waals surface area contributed by atoms with E-state index in [1.807, 2.05) is 16.9 Å². The van der Waals surface area contributed by atoms with Gasteiger partial charge in [-0.1, -0.05) is 30.3 Å². The van der Waals surface area contributed by atoms with Crippen LogP contribution in [0.4, 0.5) is 0 Å². The van der Waals surface area contributed by atoms with E-state index in [4.69, 9.17) is 0 Å². The third-order valence-corrected chi connectivity index (χ3v) is 2.98. The highest BCUT2D eigenvalue weighted by atomic mass is 15.3. The normalized spacial score (nSPS) is 11.7. The standard InChI is InChI=1S/C16H23N3/c1-16(2,3)17-11-15-12-18-19(13-15)10-9-14-7-5-4-6-8-14/h4-8,12-13,17H,9-11H2,1-3H3. The topological polar surface area (TPSA) is 29.9 Å². The highest BCUT2D eigenvalue weighted by Gasteiger charge is 2.09. The number of aromatic nitrogens is 2. The Hall–Kier alpha value is -1.61. The minimum absolute atomic E-state index is 0.145. The van der Waals surface area contributed by atoms with E-state index >= 15 is 0 Å². The number of nitrogens with one attached hydrogen (secondary N) is 1. The predicted molar refractivity (Wildman–Crippen MR) is 79.0 cm³/mol. The van der Waals surface area contributed by atoms with Gasteiger partial charge in [-0.15, -0.1) is 0 Å². The van der Waals surface area contributed by atoms with Crippen molar-refractivity contribution in [1.29, 1.82) is 0 Å². The molecule has 0 spiro atoms. The first-order valence-electron chi connectivity index (χ1n) is 6.83. The first-order valence-corrected chi connectivity index (χ1v) is 6.83. The van der Waals surface area contributed by atoms with E-state index in [2.05, 4.69) is 61.6 Å². The Labute approximate surface area is 115 Å². The zero-order valence-corrected chi connectivity index (χ0v) is 12.1. The number of nitrogens with zero attached hydrogens (tertiary/aromatic N) is 2. The Morgan fingerprint density at radius 2 is 1.84 bits per heavy atom. The fraction of sp³-hybridized carbons (Fsp3) is 0.438. The van der Waals surface area contributed by atoms with Gasteiger partial charge in [0.1, 0.15) is 0 Å². The van der Waals surface area contributed by atoms with Crippen molar-refractivity contribution in [3.63, 3.8) is 0 Å². The van der Waals surface area contributed by atoms with E-state index in [9.17, 15) is 0 Å². The van der Waals surface area contributed by atoms with Gasteiger partial charge in [0, 0.05) is 30.4 Å². The second-order valence-corrected chi connectivity index (χ2v) is 5.95. The lowest BCUT2D eigenvalue weighted by atomic mass is 10.1. The van der Waals surface area contributed by atoms with E-state index in [1.54, 1.807) is 0 Å². The van der Waals surface area contributed by atoms with Crippen LogP contribution in [0.1, 0.15) is 31.9 Å². The van der Waals surface area contributed by atoms with Crippen LogP contribution >= 0.6 is 0 Å². The predicted octanol–water partition coefficient (Wildman–Crippen LogP) is 3.01. The molecule has 0 fully saturated rings. The fourth-order valence-electron chi connectivity index (χ4n) is 1.88. The molecule has 2 aromatic rings. The monoisotopic (exact) mass is 257 g/mol. The molecule has 102 valence electrons. The average molecular weight is 257 g/mol. The molecule has 0 amide bonds. The Bertz CT molecular complexity index is 494. The lowest BCUT2D eigenvalue weighted by Crippen LogP contribution is -2.34. The van der Waals surface area contributed by atoms with Crippen molar-refractivity contribution in [1.82, 2.24) is 15.1 Å². The number of aryl methyl sites for hydroxylation is 2. The van der Waals surface area contributed by atoms with Gasteiger partial charge in [-0.05, 0) is 32.8 Å². The van der Waals surface area contributed by atoms with E-state index < -0.39 is 0 Å². The molecule has 0 saturated heterocycles. The van der Waals surface area contributed by atoms with Crippen LogP contribution in [-0.4, -0.2) is 15.3 Å². The van der Waals surface area contributed by atoms with E-state index in [-0.39, 0.29) is 5.54 Å². The van der Waals surface area contributed by atoms with Gasteiger partial charge in [0.05, 0.1) is 6.20 Å². The van der Waals surface area contributed by atoms with Gasteiger partial charge in [0.25, 0.3) is 0 Å². The lowest BCUT2D eigenvalue weighted by Gasteiger charge is -2.19. The second kappa shape index (κ2) is 6.02. The minimum atomic E-state index is 0.145. The smallest absolute Gasteiger partial charge is 0.0534 e. The summed E-state index contributed by atoms with van der Waals surface area (Å²) < 4.78 is 2.02. The average Bonchev–Trinajstić information content (AvgIpc) is 2.82. The molecular formula is C16H23N3. The molecule has 1 aromatic carbocycles. The van der Waals surface area contributed by atoms with Crippen molar-refractivity contribution < 1.29 is 0 Å². The number of hydrogen-bond donors (Lipinski definition) is 1. The first-order chi connectivity index (χ1) is 9.03. The van der Waals surface area contributed by atoms with Gasteiger partial charge in [0.15, 0.2) is 0 Å². The Morgan fingerprint density at radius 3 is 2.53 bits per heavy atom. The van der Waals surface area contributed by atoms with Crippen molar-refractivity contribution >= 4 is 0 Å². The maximum absolute atomic E-state index is 4.41. The highest BCUT2D eigenvalue weighted by Crippen LogP contribution is 2.05. The summed E-state index contributed by atoms with van der Waals surface area (Å²) in [6, 6.07) is 10.5. The van der Waals surface area contributed by atoms with E-state index in [0.717, 1.165) is 19.5 Å². The molecule has 3 nitrogen and oxygen atoms in total. The molecule has 2 rings (SSSR count). The summed E-state index contributed by atoms with van der Waals surface area (Å²) in [5.41, 5.74) is 2.74. The second-order valence-electron chi connectivity index (χ2n) is 5.95. The summed E-state index contributed by atoms with van der Waals surface area (Å²) in [4.78, 5) is 0. The van der Waals surface area contributed by atoms with Gasteiger partial charge in [-0.25, -0.2) is 0 Å². The molecule has 1 heterocycles. The van der Waals surface area contributed by atoms with Crippen molar-refractivity contribution in [2.24, 2.45) is 0 Å². The molecule has 0 bridgehead atoms. The molecule has 1 N–H and O–H groups in total. The maximum atomic E-state index is 4.41. The highest BCUT2D eigenvalue weighted by molar-refractivity contribution is 5.14. The molecule has 0 atom stereocenters. The molecule has 0 aliphatic carbocycles. The summed E-state index contributed by atoms with van der Waals surface area (Å²) in [7, 11) is 0. The van der Waals surface area contributed by atoms with Crippen LogP contribution in [0.2, 0.25) is 0 Å². The molecule has 0 saturated carbocycles. The van der Waals surface area contributed by atoms with E-state index in [1.165, 1.54) is 11.1 Å². The van der Waals surface area contributed by atoms with Gasteiger partial charge in [0.2, 0.25) is 0 Å². The Kier molecular flexibility index (Phi) is 4.38. The molecule has 0 aliphatic rings. The lowest BCUT2D eigenvalue weighted by molar-refractivity contribution is 0.424. The largest absolute Gasteiger partial charge is 0.308 e. The molecule has 0 aliphatic heterocycles. The van der Waals surface area contributed by atoms with E-state index in [0.29, 0.717) is 0 Å². The fourth-order valence-corrected chi connectivity index (χ4v) is 1.88. The number of benzene rings is 1. The molecule has 0 radical (unpaired) electrons. The van der Waals surface area contributed by atoms with Crippen LogP contribution in [0.5, 0.6) is 0 Å². The third-order valence-electron chi connectivity index (χ3n) is 2.98. The van der Waals surface area contributed by atoms with Crippen LogP contribution in [0.15, 0.2) is 42.7 Å². The molecule has 1 aromatic heterocycles. The van der Waals surface area contributed by atoms with Crippen molar-refractivity contribution in [2.45, 2.75) is 45.8 Å². The molecule has 0 unspecified atom stereocenters. The summed E-state index contributed by atoms with van der Waals surface area (Å²) in [6.07, 6.45) is 5.10. The van der Waals surface area contributed by atoms with Gasteiger partial charge in [-0.3, -0.25) is 4.68 Å². The minimum Gasteiger partial charge on any atom is -0.308 e. The van der Waals surface area contributed by atoms with Crippen molar-refractivity contribution in [3.05, 3.63) is 53.9 Å². The summed E-state index contributed by atoms with van der Waals surface area (Å²) >= 11 is 0.